The maximum absolute atomic E-state index is 12.8. The van der Waals surface area contributed by atoms with Gasteiger partial charge in [0.25, 0.3) is 5.91 Å². The van der Waals surface area contributed by atoms with Crippen LogP contribution >= 0.6 is 0 Å². The number of anilines is 1. The van der Waals surface area contributed by atoms with E-state index >= 15 is 0 Å². The zero-order valence-corrected chi connectivity index (χ0v) is 14.1. The summed E-state index contributed by atoms with van der Waals surface area (Å²) in [4.78, 5) is 23.9. The van der Waals surface area contributed by atoms with Gasteiger partial charge in [0.15, 0.2) is 11.5 Å². The molecule has 7 heteroatoms. The van der Waals surface area contributed by atoms with Crippen LogP contribution in [0.1, 0.15) is 22.8 Å². The van der Waals surface area contributed by atoms with Crippen molar-refractivity contribution in [3.05, 3.63) is 59.2 Å². The number of ether oxygens (including phenoxy) is 1. The first-order valence-electron chi connectivity index (χ1n) is 7.73. The van der Waals surface area contributed by atoms with Gasteiger partial charge in [-0.25, -0.2) is 4.79 Å². The second-order valence-electron chi connectivity index (χ2n) is 5.61. The summed E-state index contributed by atoms with van der Waals surface area (Å²) >= 11 is 0. The van der Waals surface area contributed by atoms with Crippen LogP contribution < -0.4 is 9.75 Å². The van der Waals surface area contributed by atoms with Gasteiger partial charge in [0.2, 0.25) is 0 Å². The lowest BCUT2D eigenvalue weighted by Gasteiger charge is -2.12. The van der Waals surface area contributed by atoms with Gasteiger partial charge in [-0.2, -0.15) is 10.1 Å². The first-order valence-corrected chi connectivity index (χ1v) is 7.73. The smallest absolute Gasteiger partial charge is 0.335 e. The van der Waals surface area contributed by atoms with Crippen LogP contribution in [0.2, 0.25) is 0 Å². The molecule has 0 radical (unpaired) electrons. The largest absolute Gasteiger partial charge is 0.504 e. The highest BCUT2D eigenvalue weighted by molar-refractivity contribution is 6.32. The average Bonchev–Trinajstić information content (AvgIpc) is 2.91. The molecule has 3 rings (SSSR count). The number of carboxylic acids is 1. The molecule has 26 heavy (non-hydrogen) atoms. The molecule has 1 amide bonds. The summed E-state index contributed by atoms with van der Waals surface area (Å²) in [6.45, 7) is 1.67. The van der Waals surface area contributed by atoms with Crippen LogP contribution in [0.3, 0.4) is 0 Å². The number of methoxy groups -OCH3 is 1. The van der Waals surface area contributed by atoms with Crippen LogP contribution in [-0.2, 0) is 4.79 Å². The molecule has 2 N–H and O–H groups in total. The van der Waals surface area contributed by atoms with E-state index in [-0.39, 0.29) is 11.3 Å². The molecule has 0 bridgehead atoms. The molecule has 0 spiro atoms. The van der Waals surface area contributed by atoms with Crippen molar-refractivity contribution in [3.8, 4) is 11.5 Å². The Morgan fingerprint density at radius 2 is 1.96 bits per heavy atom. The van der Waals surface area contributed by atoms with Crippen LogP contribution in [0.4, 0.5) is 5.69 Å². The second kappa shape index (κ2) is 6.72. The van der Waals surface area contributed by atoms with Gasteiger partial charge in [0, 0.05) is 5.56 Å². The fraction of sp³-hybridized carbons (Fsp3) is 0.105. The van der Waals surface area contributed by atoms with Gasteiger partial charge in [0.1, 0.15) is 0 Å². The van der Waals surface area contributed by atoms with Gasteiger partial charge < -0.3 is 14.9 Å². The number of amides is 1. The number of para-hydroxylation sites is 1. The number of hydrogen-bond donors (Lipinski definition) is 2. The SMILES string of the molecule is COc1cccc(C=C2C(=O)N(c3cccc(C(=O)O)c3)N=C2C)c1O. The second-order valence-corrected chi connectivity index (χ2v) is 5.61. The molecule has 132 valence electrons. The third-order valence-corrected chi connectivity index (χ3v) is 3.95. The van der Waals surface area contributed by atoms with Gasteiger partial charge >= 0.3 is 5.97 Å². The summed E-state index contributed by atoms with van der Waals surface area (Å²) in [5.74, 6) is -1.27. The van der Waals surface area contributed by atoms with Crippen LogP contribution in [0.25, 0.3) is 6.08 Å². The molecule has 0 saturated heterocycles. The zero-order chi connectivity index (χ0) is 18.8. The number of hydrogen-bond acceptors (Lipinski definition) is 5. The number of hydrazone groups is 1. The van der Waals surface area contributed by atoms with Gasteiger partial charge in [-0.3, -0.25) is 4.79 Å². The predicted octanol–water partition coefficient (Wildman–Crippen LogP) is 2.91. The highest BCUT2D eigenvalue weighted by Gasteiger charge is 2.29. The highest BCUT2D eigenvalue weighted by Crippen LogP contribution is 2.32. The van der Waals surface area contributed by atoms with E-state index in [4.69, 9.17) is 9.84 Å². The first-order chi connectivity index (χ1) is 12.4. The van der Waals surface area contributed by atoms with E-state index in [1.807, 2.05) is 0 Å². The Hall–Kier alpha value is -3.61. The van der Waals surface area contributed by atoms with E-state index in [0.717, 1.165) is 5.01 Å². The third kappa shape index (κ3) is 3.02. The number of benzene rings is 2. The van der Waals surface area contributed by atoms with E-state index in [0.29, 0.717) is 28.3 Å². The molecular weight excluding hydrogens is 336 g/mol. The Kier molecular flexibility index (Phi) is 4.45. The van der Waals surface area contributed by atoms with E-state index < -0.39 is 11.9 Å². The van der Waals surface area contributed by atoms with E-state index in [1.165, 1.54) is 25.3 Å². The van der Waals surface area contributed by atoms with Crippen molar-refractivity contribution >= 4 is 29.4 Å². The summed E-state index contributed by atoms with van der Waals surface area (Å²) in [5.41, 5.74) is 1.59. The minimum atomic E-state index is -1.09. The van der Waals surface area contributed by atoms with Crippen molar-refractivity contribution in [1.82, 2.24) is 0 Å². The Bertz CT molecular complexity index is 962. The van der Waals surface area contributed by atoms with Crippen LogP contribution in [0, 0.1) is 0 Å². The number of phenolic OH excluding ortho intramolecular Hbond substituents is 1. The number of carbonyl (C=O) groups excluding carboxylic acids is 1. The van der Waals surface area contributed by atoms with Crippen molar-refractivity contribution in [3.63, 3.8) is 0 Å². The van der Waals surface area contributed by atoms with Crippen molar-refractivity contribution < 1.29 is 24.5 Å². The summed E-state index contributed by atoms with van der Waals surface area (Å²) in [6, 6.07) is 10.9. The highest BCUT2D eigenvalue weighted by atomic mass is 16.5. The predicted molar refractivity (Wildman–Crippen MR) is 96.6 cm³/mol. The number of aromatic hydroxyl groups is 1. The van der Waals surface area contributed by atoms with Crippen molar-refractivity contribution in [2.75, 3.05) is 12.1 Å². The van der Waals surface area contributed by atoms with Crippen molar-refractivity contribution in [1.29, 1.82) is 0 Å². The summed E-state index contributed by atoms with van der Waals surface area (Å²) in [5, 5.41) is 24.7. The summed E-state index contributed by atoms with van der Waals surface area (Å²) in [6.07, 6.45) is 1.53. The molecule has 0 atom stereocenters. The molecule has 0 unspecified atom stereocenters. The quantitative estimate of drug-likeness (QED) is 0.824. The Balaban J connectivity index is 1.99. The Labute approximate surface area is 149 Å². The Morgan fingerprint density at radius 1 is 1.23 bits per heavy atom. The van der Waals surface area contributed by atoms with E-state index in [9.17, 15) is 14.7 Å². The molecule has 1 aliphatic rings. The number of carboxylic acid groups (broad SMARTS) is 1. The molecule has 2 aromatic rings. The standard InChI is InChI=1S/C19H16N2O5/c1-11-15(10-12-5-4-8-16(26-2)17(12)22)18(23)21(20-11)14-7-3-6-13(9-14)19(24)25/h3-10,22H,1-2H3,(H,24,25). The van der Waals surface area contributed by atoms with Crippen molar-refractivity contribution in [2.24, 2.45) is 5.10 Å². The zero-order valence-electron chi connectivity index (χ0n) is 14.1. The number of phenols is 1. The van der Waals surface area contributed by atoms with Gasteiger partial charge in [-0.1, -0.05) is 18.2 Å². The normalized spacial score (nSPS) is 15.3. The molecule has 0 saturated carbocycles. The molecule has 1 aliphatic heterocycles. The molecule has 2 aromatic carbocycles. The van der Waals surface area contributed by atoms with Crippen LogP contribution in [0.5, 0.6) is 11.5 Å². The fourth-order valence-corrected chi connectivity index (χ4v) is 2.61. The number of carbonyl (C=O) groups is 2. The lowest BCUT2D eigenvalue weighted by atomic mass is 10.1. The van der Waals surface area contributed by atoms with Gasteiger partial charge in [0.05, 0.1) is 29.6 Å². The number of aromatic carboxylic acids is 1. The average molecular weight is 352 g/mol. The molecule has 0 fully saturated rings. The van der Waals surface area contributed by atoms with Crippen molar-refractivity contribution in [2.45, 2.75) is 6.92 Å². The van der Waals surface area contributed by atoms with Crippen LogP contribution in [0.15, 0.2) is 53.1 Å². The maximum atomic E-state index is 12.8. The monoisotopic (exact) mass is 352 g/mol. The van der Waals surface area contributed by atoms with Gasteiger partial charge in [-0.15, -0.1) is 0 Å². The van der Waals surface area contributed by atoms with E-state index in [2.05, 4.69) is 5.10 Å². The molecule has 0 aliphatic carbocycles. The molecular formula is C19H16N2O5. The number of rotatable bonds is 4. The molecule has 7 nitrogen and oxygen atoms in total. The summed E-state index contributed by atoms with van der Waals surface area (Å²) in [7, 11) is 1.44. The third-order valence-electron chi connectivity index (χ3n) is 3.95. The minimum absolute atomic E-state index is 0.0611. The lowest BCUT2D eigenvalue weighted by molar-refractivity contribution is -0.114. The summed E-state index contributed by atoms with van der Waals surface area (Å²) < 4.78 is 5.07. The minimum Gasteiger partial charge on any atom is -0.504 e. The first kappa shape index (κ1) is 17.2. The maximum Gasteiger partial charge on any atom is 0.335 e. The molecule has 0 aromatic heterocycles. The number of nitrogens with zero attached hydrogens (tertiary/aromatic N) is 2. The lowest BCUT2D eigenvalue weighted by Crippen LogP contribution is -2.21. The fourth-order valence-electron chi connectivity index (χ4n) is 2.61. The Morgan fingerprint density at radius 3 is 2.65 bits per heavy atom. The molecule has 1 heterocycles. The van der Waals surface area contributed by atoms with Gasteiger partial charge in [-0.05, 0) is 37.3 Å². The topological polar surface area (TPSA) is 99.4 Å². The van der Waals surface area contributed by atoms with Crippen LogP contribution in [-0.4, -0.2) is 34.9 Å². The van der Waals surface area contributed by atoms with E-state index in [1.54, 1.807) is 37.3 Å².